The Bertz CT molecular complexity index is 626. The highest BCUT2D eigenvalue weighted by Crippen LogP contribution is 2.20. The van der Waals surface area contributed by atoms with E-state index in [2.05, 4.69) is 0 Å². The normalized spacial score (nSPS) is 10.8. The van der Waals surface area contributed by atoms with Crippen LogP contribution in [-0.2, 0) is 0 Å². The standard InChI is InChI=1S/C16H12Cl2O2/c1-20-15-5-3-12(4-6-15)16(19)7-2-11-8-13(17)10-14(18)9-11/h2-10H,1H3. The fourth-order valence-electron chi connectivity index (χ4n) is 1.69. The van der Waals surface area contributed by atoms with E-state index in [1.54, 1.807) is 55.7 Å². The van der Waals surface area contributed by atoms with Crippen LogP contribution in [-0.4, -0.2) is 12.9 Å². The van der Waals surface area contributed by atoms with Crippen molar-refractivity contribution in [2.24, 2.45) is 0 Å². The van der Waals surface area contributed by atoms with Gasteiger partial charge in [-0.3, -0.25) is 4.79 Å². The maximum atomic E-state index is 12.0. The van der Waals surface area contributed by atoms with E-state index >= 15 is 0 Å². The zero-order valence-corrected chi connectivity index (χ0v) is 12.3. The Labute approximate surface area is 127 Å². The van der Waals surface area contributed by atoms with E-state index in [1.807, 2.05) is 0 Å². The van der Waals surface area contributed by atoms with Gasteiger partial charge < -0.3 is 4.74 Å². The van der Waals surface area contributed by atoms with Crippen molar-refractivity contribution in [3.63, 3.8) is 0 Å². The molecule has 0 unspecified atom stereocenters. The van der Waals surface area contributed by atoms with Crippen LogP contribution >= 0.6 is 23.2 Å². The second-order valence-electron chi connectivity index (χ2n) is 4.13. The van der Waals surface area contributed by atoms with E-state index in [4.69, 9.17) is 27.9 Å². The van der Waals surface area contributed by atoms with Gasteiger partial charge in [0.1, 0.15) is 5.75 Å². The molecule has 0 amide bonds. The van der Waals surface area contributed by atoms with Gasteiger partial charge >= 0.3 is 0 Å². The first-order valence-electron chi connectivity index (χ1n) is 5.91. The second-order valence-corrected chi connectivity index (χ2v) is 5.00. The van der Waals surface area contributed by atoms with Crippen molar-refractivity contribution in [3.05, 3.63) is 69.7 Å². The van der Waals surface area contributed by atoms with Crippen LogP contribution in [0, 0.1) is 0 Å². The maximum Gasteiger partial charge on any atom is 0.185 e. The van der Waals surface area contributed by atoms with Crippen LogP contribution in [0.4, 0.5) is 0 Å². The SMILES string of the molecule is COc1ccc(C(=O)C=Cc2cc(Cl)cc(Cl)c2)cc1. The molecule has 2 rings (SSSR count). The number of allylic oxidation sites excluding steroid dienone is 1. The highest BCUT2D eigenvalue weighted by atomic mass is 35.5. The molecule has 0 aromatic heterocycles. The number of hydrogen-bond donors (Lipinski definition) is 0. The molecular formula is C16H12Cl2O2. The Hall–Kier alpha value is -1.77. The minimum Gasteiger partial charge on any atom is -0.497 e. The number of methoxy groups -OCH3 is 1. The van der Waals surface area contributed by atoms with E-state index in [9.17, 15) is 4.79 Å². The highest BCUT2D eigenvalue weighted by Gasteiger charge is 2.02. The first-order chi connectivity index (χ1) is 9.58. The van der Waals surface area contributed by atoms with E-state index in [0.29, 0.717) is 21.4 Å². The Kier molecular flexibility index (Phi) is 4.83. The van der Waals surface area contributed by atoms with Gasteiger partial charge in [0.15, 0.2) is 5.78 Å². The predicted octanol–water partition coefficient (Wildman–Crippen LogP) is 4.90. The molecule has 0 saturated heterocycles. The Morgan fingerprint density at radius 1 is 1.05 bits per heavy atom. The molecule has 4 heteroatoms. The summed E-state index contributed by atoms with van der Waals surface area (Å²) in [5.41, 5.74) is 1.37. The van der Waals surface area contributed by atoms with Gasteiger partial charge in [-0.1, -0.05) is 29.3 Å². The third kappa shape index (κ3) is 3.86. The predicted molar refractivity (Wildman–Crippen MR) is 82.8 cm³/mol. The molecule has 2 aromatic carbocycles. The largest absolute Gasteiger partial charge is 0.497 e. The van der Waals surface area contributed by atoms with Crippen molar-refractivity contribution in [3.8, 4) is 5.75 Å². The van der Waals surface area contributed by atoms with Gasteiger partial charge in [-0.15, -0.1) is 0 Å². The van der Waals surface area contributed by atoms with Gasteiger partial charge in [0, 0.05) is 15.6 Å². The van der Waals surface area contributed by atoms with Crippen molar-refractivity contribution in [2.75, 3.05) is 7.11 Å². The van der Waals surface area contributed by atoms with Crippen molar-refractivity contribution in [1.29, 1.82) is 0 Å². The van der Waals surface area contributed by atoms with Crippen LogP contribution in [0.15, 0.2) is 48.5 Å². The lowest BCUT2D eigenvalue weighted by Crippen LogP contribution is -1.94. The fourth-order valence-corrected chi connectivity index (χ4v) is 2.24. The average Bonchev–Trinajstić information content (AvgIpc) is 2.44. The van der Waals surface area contributed by atoms with Crippen LogP contribution in [0.25, 0.3) is 6.08 Å². The third-order valence-corrected chi connectivity index (χ3v) is 3.12. The van der Waals surface area contributed by atoms with Crippen LogP contribution in [0.5, 0.6) is 5.75 Å². The molecule has 0 heterocycles. The summed E-state index contributed by atoms with van der Waals surface area (Å²) in [6.45, 7) is 0. The van der Waals surface area contributed by atoms with Crippen molar-refractivity contribution in [1.82, 2.24) is 0 Å². The van der Waals surface area contributed by atoms with Gasteiger partial charge in [-0.2, -0.15) is 0 Å². The van der Waals surface area contributed by atoms with Gasteiger partial charge in [-0.05, 0) is 54.1 Å². The molecule has 102 valence electrons. The van der Waals surface area contributed by atoms with E-state index in [1.165, 1.54) is 6.08 Å². The molecule has 0 aliphatic heterocycles. The molecule has 0 radical (unpaired) electrons. The summed E-state index contributed by atoms with van der Waals surface area (Å²) in [5.74, 6) is 0.621. The van der Waals surface area contributed by atoms with Crippen LogP contribution in [0.3, 0.4) is 0 Å². The molecule has 0 fully saturated rings. The molecule has 2 nitrogen and oxygen atoms in total. The zero-order chi connectivity index (χ0) is 14.5. The van der Waals surface area contributed by atoms with Crippen LogP contribution < -0.4 is 4.74 Å². The number of halogens is 2. The quantitative estimate of drug-likeness (QED) is 0.593. The third-order valence-electron chi connectivity index (χ3n) is 2.69. The Balaban J connectivity index is 2.15. The molecule has 2 aromatic rings. The lowest BCUT2D eigenvalue weighted by molar-refractivity contribution is 0.104. The van der Waals surface area contributed by atoms with Crippen molar-refractivity contribution >= 4 is 35.1 Å². The molecule has 20 heavy (non-hydrogen) atoms. The molecule has 0 aliphatic carbocycles. The van der Waals surface area contributed by atoms with Gasteiger partial charge in [0.25, 0.3) is 0 Å². The summed E-state index contributed by atoms with van der Waals surface area (Å²) in [4.78, 5) is 12.0. The number of benzene rings is 2. The first-order valence-corrected chi connectivity index (χ1v) is 6.66. The second kappa shape index (κ2) is 6.60. The summed E-state index contributed by atoms with van der Waals surface area (Å²) < 4.78 is 5.05. The Morgan fingerprint density at radius 2 is 1.65 bits per heavy atom. The molecule has 0 bridgehead atoms. The molecule has 0 aliphatic rings. The summed E-state index contributed by atoms with van der Waals surface area (Å²) in [7, 11) is 1.58. The van der Waals surface area contributed by atoms with Gasteiger partial charge in [0.2, 0.25) is 0 Å². The summed E-state index contributed by atoms with van der Waals surface area (Å²) in [5, 5.41) is 1.07. The van der Waals surface area contributed by atoms with E-state index < -0.39 is 0 Å². The molecule has 0 spiro atoms. The van der Waals surface area contributed by atoms with Gasteiger partial charge in [0.05, 0.1) is 7.11 Å². The number of ether oxygens (including phenoxy) is 1. The zero-order valence-electron chi connectivity index (χ0n) is 10.8. The smallest absolute Gasteiger partial charge is 0.185 e. The fraction of sp³-hybridized carbons (Fsp3) is 0.0625. The maximum absolute atomic E-state index is 12.0. The lowest BCUT2D eigenvalue weighted by atomic mass is 10.1. The van der Waals surface area contributed by atoms with Crippen molar-refractivity contribution in [2.45, 2.75) is 0 Å². The summed E-state index contributed by atoms with van der Waals surface area (Å²) >= 11 is 11.8. The number of carbonyl (C=O) groups excluding carboxylic acids is 1. The van der Waals surface area contributed by atoms with E-state index in [-0.39, 0.29) is 5.78 Å². The van der Waals surface area contributed by atoms with Gasteiger partial charge in [-0.25, -0.2) is 0 Å². The van der Waals surface area contributed by atoms with E-state index in [0.717, 1.165) is 5.56 Å². The highest BCUT2D eigenvalue weighted by molar-refractivity contribution is 6.34. The summed E-state index contributed by atoms with van der Waals surface area (Å²) in [6, 6.07) is 12.1. The minimum atomic E-state index is -0.0937. The molecule has 0 saturated carbocycles. The average molecular weight is 307 g/mol. The Morgan fingerprint density at radius 3 is 2.20 bits per heavy atom. The summed E-state index contributed by atoms with van der Waals surface area (Å²) in [6.07, 6.45) is 3.17. The molecule has 0 N–H and O–H groups in total. The monoisotopic (exact) mass is 306 g/mol. The molecular weight excluding hydrogens is 295 g/mol. The minimum absolute atomic E-state index is 0.0937. The number of rotatable bonds is 4. The van der Waals surface area contributed by atoms with Crippen LogP contribution in [0.1, 0.15) is 15.9 Å². The lowest BCUT2D eigenvalue weighted by Gasteiger charge is -2.00. The van der Waals surface area contributed by atoms with Crippen LogP contribution in [0.2, 0.25) is 10.0 Å². The topological polar surface area (TPSA) is 26.3 Å². The molecule has 0 atom stereocenters. The number of ketones is 1. The number of carbonyl (C=O) groups is 1. The number of hydrogen-bond acceptors (Lipinski definition) is 2. The van der Waals surface area contributed by atoms with Crippen molar-refractivity contribution < 1.29 is 9.53 Å². The first kappa shape index (κ1) is 14.6.